The van der Waals surface area contributed by atoms with E-state index in [1.54, 1.807) is 12.1 Å². The average molecular weight is 269 g/mol. The van der Waals surface area contributed by atoms with E-state index in [1.807, 2.05) is 24.3 Å². The molecule has 2 nitrogen and oxygen atoms in total. The van der Waals surface area contributed by atoms with Crippen LogP contribution in [0.15, 0.2) is 36.4 Å². The molecule has 1 aromatic heterocycles. The monoisotopic (exact) mass is 269 g/mol. The number of benzene rings is 1. The van der Waals surface area contributed by atoms with Crippen molar-refractivity contribution >= 4 is 10.9 Å². The summed E-state index contributed by atoms with van der Waals surface area (Å²) in [5.41, 5.74) is 1.15. The molecule has 0 fully saturated rings. The quantitative estimate of drug-likeness (QED) is 0.910. The summed E-state index contributed by atoms with van der Waals surface area (Å²) >= 11 is 0. The number of aliphatic hydroxyl groups is 1. The van der Waals surface area contributed by atoms with Gasteiger partial charge in [-0.15, -0.1) is 0 Å². The molecule has 2 rings (SSSR count). The Morgan fingerprint density at radius 3 is 2.58 bits per heavy atom. The average Bonchev–Trinajstić information content (AvgIpc) is 2.36. The minimum atomic E-state index is -4.17. The number of alkyl halides is 3. The number of aliphatic hydroxyl groups excluding tert-OH is 1. The molecule has 0 bridgehead atoms. The van der Waals surface area contributed by atoms with Crippen LogP contribution in [0.25, 0.3) is 10.9 Å². The molecule has 102 valence electrons. The standard InChI is InChI=1S/C14H14F3NO/c15-14(16,17)9-3-6-13(19)12-8-7-10-4-1-2-5-11(10)18-12/h1-2,4-5,7-8,13,19H,3,6,9H2. The van der Waals surface area contributed by atoms with Crippen LogP contribution in [-0.2, 0) is 0 Å². The predicted molar refractivity (Wildman–Crippen MR) is 66.6 cm³/mol. The maximum atomic E-state index is 12.0. The van der Waals surface area contributed by atoms with Gasteiger partial charge in [0.15, 0.2) is 0 Å². The first-order chi connectivity index (χ1) is 8.96. The summed E-state index contributed by atoms with van der Waals surface area (Å²) in [5.74, 6) is 0. The molecular formula is C14H14F3NO. The second-order valence-electron chi connectivity index (χ2n) is 4.45. The van der Waals surface area contributed by atoms with Crippen LogP contribution in [0.1, 0.15) is 31.1 Å². The number of pyridine rings is 1. The highest BCUT2D eigenvalue weighted by Gasteiger charge is 2.26. The van der Waals surface area contributed by atoms with Gasteiger partial charge in [0, 0.05) is 11.8 Å². The van der Waals surface area contributed by atoms with Crippen molar-refractivity contribution in [1.29, 1.82) is 0 Å². The van der Waals surface area contributed by atoms with E-state index in [1.165, 1.54) is 0 Å². The molecule has 1 aromatic carbocycles. The van der Waals surface area contributed by atoms with Gasteiger partial charge in [-0.25, -0.2) is 0 Å². The molecular weight excluding hydrogens is 255 g/mol. The van der Waals surface area contributed by atoms with Crippen LogP contribution in [0, 0.1) is 0 Å². The van der Waals surface area contributed by atoms with Crippen LogP contribution in [0.3, 0.4) is 0 Å². The molecule has 5 heteroatoms. The van der Waals surface area contributed by atoms with Gasteiger partial charge in [-0.05, 0) is 25.0 Å². The van der Waals surface area contributed by atoms with E-state index in [0.717, 1.165) is 10.9 Å². The number of halogens is 3. The van der Waals surface area contributed by atoms with Crippen molar-refractivity contribution < 1.29 is 18.3 Å². The number of nitrogens with zero attached hydrogens (tertiary/aromatic N) is 1. The lowest BCUT2D eigenvalue weighted by atomic mass is 10.1. The maximum Gasteiger partial charge on any atom is 0.389 e. The molecule has 0 aliphatic rings. The van der Waals surface area contributed by atoms with Gasteiger partial charge in [0.05, 0.1) is 17.3 Å². The van der Waals surface area contributed by atoms with Gasteiger partial charge in [0.25, 0.3) is 0 Å². The van der Waals surface area contributed by atoms with Crippen LogP contribution < -0.4 is 0 Å². The fourth-order valence-electron chi connectivity index (χ4n) is 1.91. The lowest BCUT2D eigenvalue weighted by Gasteiger charge is -2.11. The molecule has 0 amide bonds. The van der Waals surface area contributed by atoms with E-state index < -0.39 is 18.7 Å². The van der Waals surface area contributed by atoms with Crippen molar-refractivity contribution in [1.82, 2.24) is 4.98 Å². The second kappa shape index (κ2) is 5.57. The third-order valence-corrected chi connectivity index (χ3v) is 2.90. The number of fused-ring (bicyclic) bond motifs is 1. The molecule has 1 N–H and O–H groups in total. The van der Waals surface area contributed by atoms with Crippen molar-refractivity contribution in [3.8, 4) is 0 Å². The Hall–Kier alpha value is -1.62. The summed E-state index contributed by atoms with van der Waals surface area (Å²) in [6, 6.07) is 10.9. The van der Waals surface area contributed by atoms with E-state index in [4.69, 9.17) is 0 Å². The summed E-state index contributed by atoms with van der Waals surface area (Å²) in [5, 5.41) is 10.8. The molecule has 0 saturated carbocycles. The molecule has 1 atom stereocenters. The Labute approximate surface area is 108 Å². The molecule has 0 aliphatic heterocycles. The summed E-state index contributed by atoms with van der Waals surface area (Å²) in [6.07, 6.45) is -6.04. The topological polar surface area (TPSA) is 33.1 Å². The zero-order valence-electron chi connectivity index (χ0n) is 10.2. The van der Waals surface area contributed by atoms with Crippen molar-refractivity contribution in [3.05, 3.63) is 42.1 Å². The summed E-state index contributed by atoms with van der Waals surface area (Å²) < 4.78 is 36.1. The van der Waals surface area contributed by atoms with E-state index in [9.17, 15) is 18.3 Å². The summed E-state index contributed by atoms with van der Waals surface area (Å²) in [6.45, 7) is 0. The van der Waals surface area contributed by atoms with Gasteiger partial charge in [-0.1, -0.05) is 24.3 Å². The van der Waals surface area contributed by atoms with Crippen LogP contribution in [0.5, 0.6) is 0 Å². The molecule has 2 aromatic rings. The minimum absolute atomic E-state index is 0.0604. The lowest BCUT2D eigenvalue weighted by molar-refractivity contribution is -0.136. The normalized spacial score (nSPS) is 13.7. The molecule has 0 radical (unpaired) electrons. The summed E-state index contributed by atoms with van der Waals surface area (Å²) in [7, 11) is 0. The Kier molecular flexibility index (Phi) is 4.04. The van der Waals surface area contributed by atoms with E-state index in [2.05, 4.69) is 4.98 Å². The number of aromatic nitrogens is 1. The van der Waals surface area contributed by atoms with Crippen molar-refractivity contribution in [2.75, 3.05) is 0 Å². The summed E-state index contributed by atoms with van der Waals surface area (Å²) in [4.78, 5) is 4.26. The van der Waals surface area contributed by atoms with E-state index in [-0.39, 0.29) is 12.8 Å². The maximum absolute atomic E-state index is 12.0. The SMILES string of the molecule is OC(CCCC(F)(F)F)c1ccc2ccccc2n1. The second-order valence-corrected chi connectivity index (χ2v) is 4.45. The van der Waals surface area contributed by atoms with Crippen molar-refractivity contribution in [2.45, 2.75) is 31.5 Å². The van der Waals surface area contributed by atoms with E-state index >= 15 is 0 Å². The lowest BCUT2D eigenvalue weighted by Crippen LogP contribution is -2.08. The Morgan fingerprint density at radius 2 is 1.84 bits per heavy atom. The van der Waals surface area contributed by atoms with Gasteiger partial charge in [-0.2, -0.15) is 13.2 Å². The third-order valence-electron chi connectivity index (χ3n) is 2.90. The van der Waals surface area contributed by atoms with Gasteiger partial charge in [-0.3, -0.25) is 4.98 Å². The highest BCUT2D eigenvalue weighted by molar-refractivity contribution is 5.78. The molecule has 0 aliphatic carbocycles. The number of para-hydroxylation sites is 1. The molecule has 19 heavy (non-hydrogen) atoms. The first-order valence-corrected chi connectivity index (χ1v) is 6.06. The fourth-order valence-corrected chi connectivity index (χ4v) is 1.91. The smallest absolute Gasteiger partial charge is 0.387 e. The zero-order chi connectivity index (χ0) is 13.9. The van der Waals surface area contributed by atoms with Gasteiger partial charge < -0.3 is 5.11 Å². The van der Waals surface area contributed by atoms with Crippen molar-refractivity contribution in [2.24, 2.45) is 0 Å². The van der Waals surface area contributed by atoms with Crippen LogP contribution >= 0.6 is 0 Å². The number of hydrogen-bond acceptors (Lipinski definition) is 2. The Balaban J connectivity index is 2.03. The fraction of sp³-hybridized carbons (Fsp3) is 0.357. The molecule has 1 heterocycles. The zero-order valence-corrected chi connectivity index (χ0v) is 10.2. The first kappa shape index (κ1) is 13.8. The van der Waals surface area contributed by atoms with Gasteiger partial charge in [0.2, 0.25) is 0 Å². The Bertz CT molecular complexity index is 554. The highest BCUT2D eigenvalue weighted by Crippen LogP contribution is 2.26. The molecule has 1 unspecified atom stereocenters. The molecule has 0 spiro atoms. The Morgan fingerprint density at radius 1 is 1.11 bits per heavy atom. The predicted octanol–water partition coefficient (Wildman–Crippen LogP) is 4.00. The number of rotatable bonds is 4. The van der Waals surface area contributed by atoms with Crippen LogP contribution in [0.4, 0.5) is 13.2 Å². The highest BCUT2D eigenvalue weighted by atomic mass is 19.4. The van der Waals surface area contributed by atoms with Crippen LogP contribution in [-0.4, -0.2) is 16.3 Å². The van der Waals surface area contributed by atoms with E-state index in [0.29, 0.717) is 5.69 Å². The minimum Gasteiger partial charge on any atom is -0.387 e. The van der Waals surface area contributed by atoms with Gasteiger partial charge >= 0.3 is 6.18 Å². The number of hydrogen-bond donors (Lipinski definition) is 1. The largest absolute Gasteiger partial charge is 0.389 e. The van der Waals surface area contributed by atoms with Crippen LogP contribution in [0.2, 0.25) is 0 Å². The third kappa shape index (κ3) is 3.92. The van der Waals surface area contributed by atoms with Gasteiger partial charge in [0.1, 0.15) is 0 Å². The van der Waals surface area contributed by atoms with Crippen molar-refractivity contribution in [3.63, 3.8) is 0 Å². The first-order valence-electron chi connectivity index (χ1n) is 6.06. The molecule has 0 saturated heterocycles.